The Morgan fingerprint density at radius 2 is 1.85 bits per heavy atom. The molecule has 1 fully saturated rings. The van der Waals surface area contributed by atoms with Crippen LogP contribution in [0, 0.1) is 5.82 Å². The molecular formula is C23H24BrCl2FN4O2. The first-order valence-corrected chi connectivity index (χ1v) is 12.1. The van der Waals surface area contributed by atoms with Gasteiger partial charge in [-0.1, -0.05) is 29.3 Å². The topological polar surface area (TPSA) is 50.6 Å². The predicted octanol–water partition coefficient (Wildman–Crippen LogP) is 6.35. The number of hydrogen-bond donors (Lipinski definition) is 0. The number of halogens is 4. The number of ether oxygens (including phenoxy) is 1. The number of fused-ring (bicyclic) bond motifs is 1. The van der Waals surface area contributed by atoms with Crippen LogP contribution in [0.5, 0.6) is 0 Å². The van der Waals surface area contributed by atoms with Gasteiger partial charge in [0.05, 0.1) is 17.1 Å². The Hall–Kier alpha value is -2.03. The van der Waals surface area contributed by atoms with E-state index in [2.05, 4.69) is 20.8 Å². The number of rotatable bonds is 3. The van der Waals surface area contributed by atoms with Gasteiger partial charge in [-0.2, -0.15) is 0 Å². The van der Waals surface area contributed by atoms with Crippen molar-refractivity contribution in [2.45, 2.75) is 32.9 Å². The van der Waals surface area contributed by atoms with Crippen LogP contribution in [0.25, 0.3) is 11.0 Å². The molecule has 0 radical (unpaired) electrons. The molecule has 0 unspecified atom stereocenters. The summed E-state index contributed by atoms with van der Waals surface area (Å²) in [7, 11) is 0. The maximum Gasteiger partial charge on any atom is 0.410 e. The van der Waals surface area contributed by atoms with Gasteiger partial charge in [0, 0.05) is 35.7 Å². The van der Waals surface area contributed by atoms with E-state index >= 15 is 0 Å². The summed E-state index contributed by atoms with van der Waals surface area (Å²) in [5.41, 5.74) is 1.92. The minimum absolute atomic E-state index is 0.0728. The van der Waals surface area contributed by atoms with Crippen LogP contribution in [0.15, 0.2) is 34.8 Å². The maximum atomic E-state index is 13.7. The van der Waals surface area contributed by atoms with Crippen molar-refractivity contribution >= 4 is 62.2 Å². The summed E-state index contributed by atoms with van der Waals surface area (Å²) in [4.78, 5) is 21.2. The van der Waals surface area contributed by atoms with Crippen molar-refractivity contribution in [3.05, 3.63) is 56.2 Å². The summed E-state index contributed by atoms with van der Waals surface area (Å²) in [6.45, 7) is 8.22. The third kappa shape index (κ3) is 5.39. The van der Waals surface area contributed by atoms with Crippen molar-refractivity contribution in [3.8, 4) is 0 Å². The highest BCUT2D eigenvalue weighted by Crippen LogP contribution is 2.33. The Kier molecular flexibility index (Phi) is 6.80. The van der Waals surface area contributed by atoms with E-state index < -0.39 is 11.4 Å². The molecule has 10 heteroatoms. The van der Waals surface area contributed by atoms with E-state index in [1.54, 1.807) is 23.1 Å². The number of anilines is 1. The van der Waals surface area contributed by atoms with Crippen molar-refractivity contribution in [3.63, 3.8) is 0 Å². The summed E-state index contributed by atoms with van der Waals surface area (Å²) >= 11 is 15.9. The molecule has 33 heavy (non-hydrogen) atoms. The number of piperazine rings is 1. The molecule has 1 aliphatic rings. The second-order valence-corrected chi connectivity index (χ2v) is 10.7. The molecule has 1 amide bonds. The van der Waals surface area contributed by atoms with E-state index in [0.29, 0.717) is 37.7 Å². The summed E-state index contributed by atoms with van der Waals surface area (Å²) < 4.78 is 22.0. The number of carbonyl (C=O) groups excluding carboxylic acids is 1. The van der Waals surface area contributed by atoms with Gasteiger partial charge in [-0.25, -0.2) is 14.2 Å². The SMILES string of the molecule is CC(C)(C)OC(=O)N1CCN(c2nc3c(Br)cc(Cl)cc3n2Cc2ccc(F)c(Cl)c2)CC1. The average molecular weight is 558 g/mol. The van der Waals surface area contributed by atoms with E-state index in [1.807, 2.05) is 31.4 Å². The fraction of sp³-hybridized carbons (Fsp3) is 0.391. The zero-order chi connectivity index (χ0) is 23.9. The fourth-order valence-corrected chi connectivity index (χ4v) is 4.86. The van der Waals surface area contributed by atoms with Crippen LogP contribution in [0.1, 0.15) is 26.3 Å². The molecule has 0 N–H and O–H groups in total. The van der Waals surface area contributed by atoms with Crippen molar-refractivity contribution in [1.82, 2.24) is 14.5 Å². The van der Waals surface area contributed by atoms with Crippen LogP contribution < -0.4 is 4.90 Å². The quantitative estimate of drug-likeness (QED) is 0.376. The Labute approximate surface area is 210 Å². The van der Waals surface area contributed by atoms with Gasteiger partial charge in [0.2, 0.25) is 5.95 Å². The van der Waals surface area contributed by atoms with E-state index in [9.17, 15) is 9.18 Å². The molecule has 0 saturated carbocycles. The second kappa shape index (κ2) is 9.31. The summed E-state index contributed by atoms with van der Waals surface area (Å²) in [5.74, 6) is 0.289. The number of hydrogen-bond acceptors (Lipinski definition) is 4. The number of benzene rings is 2. The lowest BCUT2D eigenvalue weighted by atomic mass is 10.2. The lowest BCUT2D eigenvalue weighted by Crippen LogP contribution is -2.50. The van der Waals surface area contributed by atoms with Gasteiger partial charge in [0.15, 0.2) is 0 Å². The van der Waals surface area contributed by atoms with E-state index in [4.69, 9.17) is 32.9 Å². The minimum atomic E-state index is -0.538. The molecule has 4 rings (SSSR count). The highest BCUT2D eigenvalue weighted by molar-refractivity contribution is 9.10. The summed E-state index contributed by atoms with van der Waals surface area (Å²) in [6.07, 6.45) is -0.314. The Morgan fingerprint density at radius 3 is 2.48 bits per heavy atom. The Balaban J connectivity index is 1.65. The maximum absolute atomic E-state index is 13.7. The van der Waals surface area contributed by atoms with Gasteiger partial charge in [-0.05, 0) is 66.5 Å². The smallest absolute Gasteiger partial charge is 0.410 e. The van der Waals surface area contributed by atoms with E-state index in [0.717, 1.165) is 27.0 Å². The van der Waals surface area contributed by atoms with Gasteiger partial charge >= 0.3 is 6.09 Å². The molecule has 0 spiro atoms. The van der Waals surface area contributed by atoms with Crippen LogP contribution in [-0.2, 0) is 11.3 Å². The molecule has 2 heterocycles. The third-order valence-electron chi connectivity index (χ3n) is 5.29. The molecule has 176 valence electrons. The summed E-state index contributed by atoms with van der Waals surface area (Å²) in [6, 6.07) is 8.35. The second-order valence-electron chi connectivity index (χ2n) is 8.96. The number of aromatic nitrogens is 2. The Bertz CT molecular complexity index is 1200. The van der Waals surface area contributed by atoms with Crippen LogP contribution in [0.2, 0.25) is 10.0 Å². The van der Waals surface area contributed by atoms with Gasteiger partial charge in [-0.15, -0.1) is 0 Å². The van der Waals surface area contributed by atoms with Crippen LogP contribution in [-0.4, -0.2) is 52.3 Å². The van der Waals surface area contributed by atoms with Crippen molar-refractivity contribution < 1.29 is 13.9 Å². The first kappa shape index (κ1) is 24.1. The Morgan fingerprint density at radius 1 is 1.15 bits per heavy atom. The van der Waals surface area contributed by atoms with Crippen LogP contribution in [0.4, 0.5) is 15.1 Å². The first-order valence-electron chi connectivity index (χ1n) is 10.5. The van der Waals surface area contributed by atoms with Gasteiger partial charge in [-0.3, -0.25) is 0 Å². The molecular weight excluding hydrogens is 534 g/mol. The number of amides is 1. The standard InChI is InChI=1S/C23H24BrCl2FN4O2/c1-23(2,3)33-22(32)30-8-6-29(7-9-30)21-28-20-16(24)11-15(25)12-19(20)31(21)13-14-4-5-18(27)17(26)10-14/h4-5,10-12H,6-9,13H2,1-3H3. The van der Waals surface area contributed by atoms with E-state index in [-0.39, 0.29) is 11.1 Å². The van der Waals surface area contributed by atoms with Crippen LogP contribution in [0.3, 0.4) is 0 Å². The van der Waals surface area contributed by atoms with Crippen molar-refractivity contribution in [1.29, 1.82) is 0 Å². The predicted molar refractivity (Wildman–Crippen MR) is 133 cm³/mol. The zero-order valence-electron chi connectivity index (χ0n) is 18.5. The normalized spacial score (nSPS) is 14.8. The molecule has 0 aliphatic carbocycles. The highest BCUT2D eigenvalue weighted by atomic mass is 79.9. The van der Waals surface area contributed by atoms with Crippen LogP contribution >= 0.6 is 39.1 Å². The molecule has 1 aliphatic heterocycles. The average Bonchev–Trinajstić information content (AvgIpc) is 3.08. The first-order chi connectivity index (χ1) is 15.5. The molecule has 2 aromatic carbocycles. The molecule has 0 atom stereocenters. The van der Waals surface area contributed by atoms with Crippen molar-refractivity contribution in [2.75, 3.05) is 31.1 Å². The lowest BCUT2D eigenvalue weighted by molar-refractivity contribution is 0.0240. The summed E-state index contributed by atoms with van der Waals surface area (Å²) in [5, 5.41) is 0.651. The zero-order valence-corrected chi connectivity index (χ0v) is 21.6. The van der Waals surface area contributed by atoms with Crippen molar-refractivity contribution in [2.24, 2.45) is 0 Å². The molecule has 0 bridgehead atoms. The minimum Gasteiger partial charge on any atom is -0.444 e. The largest absolute Gasteiger partial charge is 0.444 e. The molecule has 6 nitrogen and oxygen atoms in total. The van der Waals surface area contributed by atoms with Gasteiger partial charge in [0.25, 0.3) is 0 Å². The molecule has 1 saturated heterocycles. The fourth-order valence-electron chi connectivity index (χ4n) is 3.77. The van der Waals surface area contributed by atoms with Gasteiger partial charge < -0.3 is 19.1 Å². The van der Waals surface area contributed by atoms with Gasteiger partial charge in [0.1, 0.15) is 16.9 Å². The molecule has 1 aromatic heterocycles. The lowest BCUT2D eigenvalue weighted by Gasteiger charge is -2.36. The monoisotopic (exact) mass is 556 g/mol. The number of imidazole rings is 1. The van der Waals surface area contributed by atoms with E-state index in [1.165, 1.54) is 6.07 Å². The molecule has 3 aromatic rings. The third-order valence-corrected chi connectivity index (χ3v) is 6.40. The highest BCUT2D eigenvalue weighted by Gasteiger charge is 2.28. The number of nitrogens with zero attached hydrogens (tertiary/aromatic N) is 4. The number of carbonyl (C=O) groups is 1.